The molecule has 26 heavy (non-hydrogen) atoms. The van der Waals surface area contributed by atoms with Crippen LogP contribution >= 0.6 is 0 Å². The lowest BCUT2D eigenvalue weighted by Crippen LogP contribution is -2.57. The van der Waals surface area contributed by atoms with E-state index in [-0.39, 0.29) is 40.8 Å². The van der Waals surface area contributed by atoms with E-state index in [1.165, 1.54) is 19.1 Å². The summed E-state index contributed by atoms with van der Waals surface area (Å²) in [6.07, 6.45) is 7.18. The summed E-state index contributed by atoms with van der Waals surface area (Å²) in [6.45, 7) is 5.38. The minimum absolute atomic E-state index is 0.0152. The zero-order valence-electron chi connectivity index (χ0n) is 15.5. The second kappa shape index (κ2) is 5.10. The topological polar surface area (TPSA) is 94.8 Å². The Hall–Kier alpha value is -1.88. The van der Waals surface area contributed by atoms with E-state index in [0.717, 1.165) is 0 Å². The van der Waals surface area contributed by atoms with E-state index in [1.54, 1.807) is 0 Å². The minimum atomic E-state index is -1.38. The lowest BCUT2D eigenvalue weighted by Gasteiger charge is -2.56. The fourth-order valence-corrected chi connectivity index (χ4v) is 6.42. The molecular weight excluding hydrogens is 332 g/mol. The van der Waals surface area contributed by atoms with Crippen molar-refractivity contribution in [2.75, 3.05) is 0 Å². The highest BCUT2D eigenvalue weighted by atomic mass is 16.3. The second-order valence-corrected chi connectivity index (χ2v) is 8.96. The first-order chi connectivity index (χ1) is 12.1. The molecule has 4 aliphatic carbocycles. The summed E-state index contributed by atoms with van der Waals surface area (Å²) in [5.74, 6) is -1.13. The molecule has 0 saturated heterocycles. The molecule has 0 unspecified atom stereocenters. The van der Waals surface area contributed by atoms with Gasteiger partial charge >= 0.3 is 0 Å². The Balaban J connectivity index is 1.86. The Morgan fingerprint density at radius 2 is 1.81 bits per heavy atom. The summed E-state index contributed by atoms with van der Waals surface area (Å²) < 4.78 is 0. The van der Waals surface area contributed by atoms with Gasteiger partial charge in [-0.25, -0.2) is 0 Å². The van der Waals surface area contributed by atoms with Crippen LogP contribution in [0.15, 0.2) is 35.3 Å². The lowest BCUT2D eigenvalue weighted by atomic mass is 9.48. The number of carbonyl (C=O) groups excluding carboxylic acids is 2. The van der Waals surface area contributed by atoms with Gasteiger partial charge in [0, 0.05) is 22.3 Å². The van der Waals surface area contributed by atoms with Crippen LogP contribution in [-0.4, -0.2) is 32.5 Å². The van der Waals surface area contributed by atoms with Crippen molar-refractivity contribution >= 4 is 11.6 Å². The number of Topliss-reactive ketones (excluding diaryl/α,β-unsaturated/α-hetero) is 1. The maximum absolute atomic E-state index is 12.2. The number of rotatable bonds is 1. The Kier molecular flexibility index (Phi) is 3.44. The van der Waals surface area contributed by atoms with Crippen molar-refractivity contribution in [1.82, 2.24) is 0 Å². The van der Waals surface area contributed by atoms with E-state index in [2.05, 4.69) is 0 Å². The van der Waals surface area contributed by atoms with Crippen LogP contribution in [-0.2, 0) is 9.59 Å². The smallest absolute Gasteiger partial charge is 0.178 e. The predicted molar refractivity (Wildman–Crippen MR) is 95.3 cm³/mol. The summed E-state index contributed by atoms with van der Waals surface area (Å²) in [6, 6.07) is 0. The van der Waals surface area contributed by atoms with Gasteiger partial charge in [0.05, 0.1) is 0 Å². The van der Waals surface area contributed by atoms with Crippen molar-refractivity contribution in [3.05, 3.63) is 35.3 Å². The number of fused-ring (bicyclic) bond motifs is 5. The van der Waals surface area contributed by atoms with Crippen molar-refractivity contribution in [3.63, 3.8) is 0 Å². The Morgan fingerprint density at radius 1 is 1.15 bits per heavy atom. The summed E-state index contributed by atoms with van der Waals surface area (Å²) in [7, 11) is 0. The van der Waals surface area contributed by atoms with E-state index >= 15 is 0 Å². The molecule has 4 aliphatic rings. The Morgan fingerprint density at radius 3 is 2.46 bits per heavy atom. The van der Waals surface area contributed by atoms with Crippen molar-refractivity contribution in [1.29, 1.82) is 0 Å². The average molecular weight is 358 g/mol. The third-order valence-corrected chi connectivity index (χ3v) is 8.05. The maximum atomic E-state index is 12.2. The van der Waals surface area contributed by atoms with Crippen molar-refractivity contribution in [2.45, 2.75) is 52.1 Å². The Labute approximate surface area is 153 Å². The van der Waals surface area contributed by atoms with Crippen LogP contribution in [0.25, 0.3) is 0 Å². The van der Waals surface area contributed by atoms with E-state index in [1.807, 2.05) is 19.9 Å². The standard InChI is InChI=1S/C21H26O5/c1-11(22)21(26)9-6-14-16-13(5-8-20(14,21)3)19(2)7-4-12(23)10-15(19)17(24)18(16)25/h4,7,10,13-14,16,24-26H,5-6,8-9H2,1-3H3/t13-,14-,16+,19+,20-,21-/m0/s1. The molecular formula is C21H26O5. The van der Waals surface area contributed by atoms with Gasteiger partial charge in [-0.15, -0.1) is 0 Å². The maximum Gasteiger partial charge on any atom is 0.178 e. The third kappa shape index (κ3) is 1.85. The molecule has 0 spiro atoms. The molecule has 0 amide bonds. The van der Waals surface area contributed by atoms with Gasteiger partial charge < -0.3 is 15.3 Å². The van der Waals surface area contributed by atoms with Gasteiger partial charge in [-0.2, -0.15) is 0 Å². The van der Waals surface area contributed by atoms with Gasteiger partial charge in [0.25, 0.3) is 0 Å². The third-order valence-electron chi connectivity index (χ3n) is 8.05. The molecule has 0 radical (unpaired) electrons. The van der Waals surface area contributed by atoms with Gasteiger partial charge in [0.2, 0.25) is 0 Å². The number of hydrogen-bond donors (Lipinski definition) is 3. The average Bonchev–Trinajstić information content (AvgIpc) is 2.87. The SMILES string of the molecule is CC(=O)[C@@]1(O)CC[C@H]2[C@@H]3C(O)=C(O)C4=CC(=O)C=C[C@]4(C)[C@H]3CC[C@@]21C. The normalized spacial score (nSPS) is 47.2. The zero-order chi connectivity index (χ0) is 19.1. The summed E-state index contributed by atoms with van der Waals surface area (Å²) in [4.78, 5) is 24.0. The number of hydrogen-bond acceptors (Lipinski definition) is 5. The molecule has 0 aromatic rings. The van der Waals surface area contributed by atoms with Gasteiger partial charge in [0.15, 0.2) is 17.3 Å². The predicted octanol–water partition coefficient (Wildman–Crippen LogP) is 3.16. The first kappa shape index (κ1) is 17.5. The second-order valence-electron chi connectivity index (χ2n) is 8.96. The molecule has 5 nitrogen and oxygen atoms in total. The zero-order valence-corrected chi connectivity index (χ0v) is 15.5. The van der Waals surface area contributed by atoms with E-state index in [4.69, 9.17) is 0 Å². The van der Waals surface area contributed by atoms with E-state index in [9.17, 15) is 24.9 Å². The van der Waals surface area contributed by atoms with Gasteiger partial charge in [-0.1, -0.05) is 19.9 Å². The van der Waals surface area contributed by atoms with Gasteiger partial charge in [-0.05, 0) is 56.6 Å². The lowest BCUT2D eigenvalue weighted by molar-refractivity contribution is -0.157. The van der Waals surface area contributed by atoms with Crippen molar-refractivity contribution in [3.8, 4) is 0 Å². The molecule has 0 aromatic carbocycles. The molecule has 140 valence electrons. The van der Waals surface area contributed by atoms with E-state index < -0.39 is 16.4 Å². The summed E-state index contributed by atoms with van der Waals surface area (Å²) >= 11 is 0. The summed E-state index contributed by atoms with van der Waals surface area (Å²) in [5, 5.41) is 32.7. The molecule has 0 bridgehead atoms. The fourth-order valence-electron chi connectivity index (χ4n) is 6.42. The van der Waals surface area contributed by atoms with Crippen LogP contribution < -0.4 is 0 Å². The van der Waals surface area contributed by atoms with Crippen LogP contribution in [0.2, 0.25) is 0 Å². The number of allylic oxidation sites excluding steroid dienone is 5. The van der Waals surface area contributed by atoms with Crippen LogP contribution in [0.4, 0.5) is 0 Å². The molecule has 3 N–H and O–H groups in total. The van der Waals surface area contributed by atoms with Gasteiger partial charge in [-0.3, -0.25) is 9.59 Å². The van der Waals surface area contributed by atoms with E-state index in [0.29, 0.717) is 31.3 Å². The monoisotopic (exact) mass is 358 g/mol. The number of aliphatic hydroxyl groups excluding tert-OH is 2. The molecule has 0 aromatic heterocycles. The van der Waals surface area contributed by atoms with Gasteiger partial charge in [0.1, 0.15) is 11.4 Å². The van der Waals surface area contributed by atoms with Crippen LogP contribution in [0.5, 0.6) is 0 Å². The van der Waals surface area contributed by atoms with Crippen LogP contribution in [0, 0.1) is 28.6 Å². The fraction of sp³-hybridized carbons (Fsp3) is 0.619. The molecule has 0 aliphatic heterocycles. The molecule has 4 rings (SSSR count). The summed E-state index contributed by atoms with van der Waals surface area (Å²) in [5.41, 5.74) is -2.06. The first-order valence-electron chi connectivity index (χ1n) is 9.37. The highest BCUT2D eigenvalue weighted by Gasteiger charge is 2.66. The first-order valence-corrected chi connectivity index (χ1v) is 9.37. The molecule has 5 heteroatoms. The number of aliphatic hydroxyl groups is 3. The molecule has 2 saturated carbocycles. The van der Waals surface area contributed by atoms with Crippen molar-refractivity contribution < 1.29 is 24.9 Å². The molecule has 6 atom stereocenters. The van der Waals surface area contributed by atoms with Crippen LogP contribution in [0.3, 0.4) is 0 Å². The Bertz CT molecular complexity index is 805. The largest absolute Gasteiger partial charge is 0.508 e. The highest BCUT2D eigenvalue weighted by Crippen LogP contribution is 2.67. The molecule has 2 fully saturated rings. The highest BCUT2D eigenvalue weighted by molar-refractivity contribution is 6.01. The number of ketones is 2. The van der Waals surface area contributed by atoms with Crippen molar-refractivity contribution in [2.24, 2.45) is 28.6 Å². The number of carbonyl (C=O) groups is 2. The van der Waals surface area contributed by atoms with Crippen LogP contribution in [0.1, 0.15) is 46.5 Å². The minimum Gasteiger partial charge on any atom is -0.508 e. The molecule has 0 heterocycles. The quantitative estimate of drug-likeness (QED) is 0.669.